The monoisotopic (exact) mass is 301 g/mol. The molecule has 3 heteroatoms. The van der Waals surface area contributed by atoms with Gasteiger partial charge in [-0.3, -0.25) is 4.79 Å². The van der Waals surface area contributed by atoms with Crippen LogP contribution in [-0.4, -0.2) is 11.0 Å². The van der Waals surface area contributed by atoms with Crippen molar-refractivity contribution in [1.82, 2.24) is 4.98 Å². The van der Waals surface area contributed by atoms with E-state index in [-0.39, 0.29) is 12.4 Å². The first-order valence-electron chi connectivity index (χ1n) is 7.55. The van der Waals surface area contributed by atoms with Crippen LogP contribution in [0.3, 0.4) is 0 Å². The van der Waals surface area contributed by atoms with Crippen LogP contribution < -0.4 is 4.74 Å². The number of rotatable bonds is 3. The molecule has 0 fully saturated rings. The van der Waals surface area contributed by atoms with E-state index in [4.69, 9.17) is 4.74 Å². The van der Waals surface area contributed by atoms with Crippen molar-refractivity contribution in [1.29, 1.82) is 0 Å². The fourth-order valence-electron chi connectivity index (χ4n) is 2.88. The van der Waals surface area contributed by atoms with Gasteiger partial charge in [0.2, 0.25) is 0 Å². The van der Waals surface area contributed by atoms with Crippen LogP contribution in [0.25, 0.3) is 21.7 Å². The lowest BCUT2D eigenvalue weighted by atomic mass is 10.1. The van der Waals surface area contributed by atoms with Gasteiger partial charge in [0, 0.05) is 22.5 Å². The van der Waals surface area contributed by atoms with Crippen LogP contribution >= 0.6 is 0 Å². The molecule has 0 saturated carbocycles. The third-order valence-electron chi connectivity index (χ3n) is 3.98. The number of nitrogens with one attached hydrogen (secondary N) is 1. The van der Waals surface area contributed by atoms with Crippen molar-refractivity contribution in [3.05, 3.63) is 78.5 Å². The lowest BCUT2D eigenvalue weighted by Gasteiger charge is -2.07. The maximum absolute atomic E-state index is 12.3. The number of aromatic nitrogens is 1. The third kappa shape index (κ3) is 2.57. The molecule has 0 bridgehead atoms. The van der Waals surface area contributed by atoms with E-state index >= 15 is 0 Å². The molecule has 1 N–H and O–H groups in total. The zero-order valence-corrected chi connectivity index (χ0v) is 12.5. The summed E-state index contributed by atoms with van der Waals surface area (Å²) in [7, 11) is 0. The Morgan fingerprint density at radius 2 is 1.61 bits per heavy atom. The molecule has 0 aliphatic carbocycles. The first kappa shape index (κ1) is 13.6. The van der Waals surface area contributed by atoms with Crippen molar-refractivity contribution in [2.45, 2.75) is 6.42 Å². The van der Waals surface area contributed by atoms with Crippen LogP contribution in [0.5, 0.6) is 5.75 Å². The highest BCUT2D eigenvalue weighted by Gasteiger charge is 2.12. The van der Waals surface area contributed by atoms with Crippen molar-refractivity contribution in [3.8, 4) is 5.75 Å². The van der Waals surface area contributed by atoms with Gasteiger partial charge in [0.1, 0.15) is 5.75 Å². The molecule has 4 aromatic rings. The van der Waals surface area contributed by atoms with E-state index in [1.54, 1.807) is 0 Å². The standard InChI is InChI=1S/C20H15NO2/c22-20(12-15-13-21-18-10-4-3-8-16(15)18)23-19-11-5-7-14-6-1-2-9-17(14)19/h1-11,13,21H,12H2. The van der Waals surface area contributed by atoms with E-state index in [1.807, 2.05) is 72.9 Å². The maximum atomic E-state index is 12.3. The number of carbonyl (C=O) groups excluding carboxylic acids is 1. The largest absolute Gasteiger partial charge is 0.426 e. The Balaban J connectivity index is 1.60. The molecule has 0 unspecified atom stereocenters. The number of ether oxygens (including phenoxy) is 1. The SMILES string of the molecule is O=C(Cc1c[nH]c2ccccc12)Oc1cccc2ccccc12. The van der Waals surface area contributed by atoms with Crippen molar-refractivity contribution in [2.75, 3.05) is 0 Å². The quantitative estimate of drug-likeness (QED) is 0.448. The second-order valence-electron chi connectivity index (χ2n) is 5.49. The Labute approximate surface area is 133 Å². The zero-order chi connectivity index (χ0) is 15.6. The van der Waals surface area contributed by atoms with Crippen LogP contribution in [-0.2, 0) is 11.2 Å². The molecule has 1 aromatic heterocycles. The number of hydrogen-bond donors (Lipinski definition) is 1. The Bertz CT molecular complexity index is 995. The first-order valence-corrected chi connectivity index (χ1v) is 7.55. The average Bonchev–Trinajstić information content (AvgIpc) is 2.98. The zero-order valence-electron chi connectivity index (χ0n) is 12.5. The van der Waals surface area contributed by atoms with E-state index in [1.165, 1.54) is 0 Å². The normalized spacial score (nSPS) is 11.0. The predicted molar refractivity (Wildman–Crippen MR) is 91.6 cm³/mol. The van der Waals surface area contributed by atoms with Gasteiger partial charge in [-0.25, -0.2) is 0 Å². The number of carbonyl (C=O) groups is 1. The third-order valence-corrected chi connectivity index (χ3v) is 3.98. The molecule has 0 aliphatic rings. The first-order chi connectivity index (χ1) is 11.3. The fraction of sp³-hybridized carbons (Fsp3) is 0.0500. The van der Waals surface area contributed by atoms with Gasteiger partial charge < -0.3 is 9.72 Å². The van der Waals surface area contributed by atoms with Crippen molar-refractivity contribution in [2.24, 2.45) is 0 Å². The smallest absolute Gasteiger partial charge is 0.315 e. The van der Waals surface area contributed by atoms with E-state index in [9.17, 15) is 4.79 Å². The number of para-hydroxylation sites is 1. The highest BCUT2D eigenvalue weighted by atomic mass is 16.5. The Hall–Kier alpha value is -3.07. The summed E-state index contributed by atoms with van der Waals surface area (Å²) in [5, 5.41) is 3.06. The second-order valence-corrected chi connectivity index (χ2v) is 5.49. The van der Waals surface area contributed by atoms with Crippen molar-refractivity contribution < 1.29 is 9.53 Å². The summed E-state index contributed by atoms with van der Waals surface area (Å²) in [6.07, 6.45) is 2.11. The van der Waals surface area contributed by atoms with Gasteiger partial charge in [-0.1, -0.05) is 54.6 Å². The number of benzene rings is 3. The molecule has 112 valence electrons. The number of fused-ring (bicyclic) bond motifs is 2. The lowest BCUT2D eigenvalue weighted by Crippen LogP contribution is -2.11. The van der Waals surface area contributed by atoms with Gasteiger partial charge in [-0.15, -0.1) is 0 Å². The average molecular weight is 301 g/mol. The predicted octanol–water partition coefficient (Wildman–Crippen LogP) is 4.47. The van der Waals surface area contributed by atoms with Gasteiger partial charge in [0.05, 0.1) is 6.42 Å². The molecular weight excluding hydrogens is 286 g/mol. The van der Waals surface area contributed by atoms with Crippen LogP contribution in [0, 0.1) is 0 Å². The van der Waals surface area contributed by atoms with Crippen LogP contribution in [0.4, 0.5) is 0 Å². The number of aromatic amines is 1. The van der Waals surface area contributed by atoms with E-state index in [0.717, 1.165) is 27.2 Å². The highest BCUT2D eigenvalue weighted by molar-refractivity contribution is 5.92. The molecule has 0 atom stereocenters. The molecule has 0 saturated heterocycles. The van der Waals surface area contributed by atoms with Gasteiger partial charge in [0.15, 0.2) is 0 Å². The van der Waals surface area contributed by atoms with Gasteiger partial charge in [0.25, 0.3) is 0 Å². The van der Waals surface area contributed by atoms with E-state index in [0.29, 0.717) is 5.75 Å². The number of hydrogen-bond acceptors (Lipinski definition) is 2. The number of H-pyrrole nitrogens is 1. The minimum atomic E-state index is -0.258. The Morgan fingerprint density at radius 1 is 0.870 bits per heavy atom. The molecule has 0 spiro atoms. The maximum Gasteiger partial charge on any atom is 0.315 e. The summed E-state index contributed by atoms with van der Waals surface area (Å²) in [5.74, 6) is 0.346. The molecule has 0 radical (unpaired) electrons. The Kier molecular flexibility index (Phi) is 3.31. The topological polar surface area (TPSA) is 42.1 Å². The summed E-state index contributed by atoms with van der Waals surface area (Å²) in [6.45, 7) is 0. The number of esters is 1. The summed E-state index contributed by atoms with van der Waals surface area (Å²) in [6, 6.07) is 21.6. The molecule has 0 aliphatic heterocycles. The molecule has 23 heavy (non-hydrogen) atoms. The Morgan fingerprint density at radius 3 is 2.52 bits per heavy atom. The van der Waals surface area contributed by atoms with Gasteiger partial charge >= 0.3 is 5.97 Å². The molecular formula is C20H15NO2. The summed E-state index contributed by atoms with van der Waals surface area (Å²) < 4.78 is 5.60. The molecule has 3 nitrogen and oxygen atoms in total. The molecule has 0 amide bonds. The highest BCUT2D eigenvalue weighted by Crippen LogP contribution is 2.26. The minimum Gasteiger partial charge on any atom is -0.426 e. The lowest BCUT2D eigenvalue weighted by molar-refractivity contribution is -0.133. The minimum absolute atomic E-state index is 0.243. The van der Waals surface area contributed by atoms with E-state index in [2.05, 4.69) is 4.98 Å². The van der Waals surface area contributed by atoms with Crippen LogP contribution in [0.1, 0.15) is 5.56 Å². The summed E-state index contributed by atoms with van der Waals surface area (Å²) in [5.41, 5.74) is 1.98. The molecule has 3 aromatic carbocycles. The van der Waals surface area contributed by atoms with Crippen LogP contribution in [0.2, 0.25) is 0 Å². The molecule has 4 rings (SSSR count). The van der Waals surface area contributed by atoms with Gasteiger partial charge in [-0.2, -0.15) is 0 Å². The van der Waals surface area contributed by atoms with Crippen molar-refractivity contribution >= 4 is 27.6 Å². The second kappa shape index (κ2) is 5.61. The van der Waals surface area contributed by atoms with Crippen molar-refractivity contribution in [3.63, 3.8) is 0 Å². The molecule has 1 heterocycles. The van der Waals surface area contributed by atoms with E-state index < -0.39 is 0 Å². The summed E-state index contributed by atoms with van der Waals surface area (Å²) >= 11 is 0. The summed E-state index contributed by atoms with van der Waals surface area (Å²) in [4.78, 5) is 15.5. The fourth-order valence-corrected chi connectivity index (χ4v) is 2.88. The van der Waals surface area contributed by atoms with Gasteiger partial charge in [-0.05, 0) is 23.1 Å². The van der Waals surface area contributed by atoms with Crippen LogP contribution in [0.15, 0.2) is 72.9 Å².